The number of rotatable bonds is 3. The average molecular weight is 520 g/mol. The predicted molar refractivity (Wildman–Crippen MR) is 137 cm³/mol. The quantitative estimate of drug-likeness (QED) is 0.320. The molecule has 4 aromatic rings. The molecule has 6 nitrogen and oxygen atoms in total. The Bertz CT molecular complexity index is 1570. The van der Waals surface area contributed by atoms with Crippen molar-refractivity contribution in [3.63, 3.8) is 0 Å². The van der Waals surface area contributed by atoms with E-state index in [4.69, 9.17) is 0 Å². The van der Waals surface area contributed by atoms with Crippen molar-refractivity contribution in [2.24, 2.45) is 0 Å². The van der Waals surface area contributed by atoms with E-state index < -0.39 is 18.4 Å². The van der Waals surface area contributed by atoms with Gasteiger partial charge in [-0.3, -0.25) is 24.3 Å². The molecule has 9 heteroatoms. The number of fused-ring (bicyclic) bond motifs is 2. The molecule has 196 valence electrons. The maximum absolute atomic E-state index is 14.7. The molecule has 0 N–H and O–H groups in total. The number of aryl methyl sites for hydroxylation is 2. The van der Waals surface area contributed by atoms with E-state index in [2.05, 4.69) is 19.9 Å². The number of halogens is 3. The van der Waals surface area contributed by atoms with Gasteiger partial charge in [0.25, 0.3) is 11.5 Å². The molecule has 6 rings (SSSR count). The highest BCUT2D eigenvalue weighted by Gasteiger charge is 2.44. The van der Waals surface area contributed by atoms with Crippen molar-refractivity contribution >= 4 is 11.2 Å². The number of pyridine rings is 1. The first-order valence-electron chi connectivity index (χ1n) is 13.1. The van der Waals surface area contributed by atoms with Crippen molar-refractivity contribution in [1.82, 2.24) is 24.5 Å². The van der Waals surface area contributed by atoms with Crippen LogP contribution in [0.1, 0.15) is 90.2 Å². The Kier molecular flexibility index (Phi) is 6.04. The molecule has 0 bridgehead atoms. The average Bonchev–Trinajstić information content (AvgIpc) is 2.90. The normalized spacial score (nSPS) is 22.8. The highest BCUT2D eigenvalue weighted by molar-refractivity contribution is 5.71. The number of benzene rings is 1. The lowest BCUT2D eigenvalue weighted by Gasteiger charge is -2.32. The number of aromatic nitrogens is 5. The van der Waals surface area contributed by atoms with Gasteiger partial charge in [-0.2, -0.15) is 8.78 Å². The summed E-state index contributed by atoms with van der Waals surface area (Å²) in [6, 6.07) is 6.24. The first-order chi connectivity index (χ1) is 18.2. The van der Waals surface area contributed by atoms with Gasteiger partial charge in [0.05, 0.1) is 17.4 Å². The third-order valence-corrected chi connectivity index (χ3v) is 8.17. The van der Waals surface area contributed by atoms with Crippen LogP contribution in [-0.4, -0.2) is 24.5 Å². The van der Waals surface area contributed by atoms with Gasteiger partial charge in [0.1, 0.15) is 17.0 Å². The second kappa shape index (κ2) is 9.29. The van der Waals surface area contributed by atoms with Crippen molar-refractivity contribution in [1.29, 1.82) is 0 Å². The highest BCUT2D eigenvalue weighted by atomic mass is 19.3. The number of nitrogens with zero attached hydrogens (tertiary/aromatic N) is 5. The second-order valence-corrected chi connectivity index (χ2v) is 10.6. The van der Waals surface area contributed by atoms with Crippen molar-refractivity contribution in [3.8, 4) is 0 Å². The maximum Gasteiger partial charge on any atom is 0.291 e. The molecule has 0 amide bonds. The van der Waals surface area contributed by atoms with Crippen LogP contribution in [-0.2, 0) is 5.92 Å². The van der Waals surface area contributed by atoms with Crippen LogP contribution in [0.15, 0.2) is 47.7 Å². The van der Waals surface area contributed by atoms with E-state index >= 15 is 0 Å². The summed E-state index contributed by atoms with van der Waals surface area (Å²) in [5.74, 6) is -3.24. The number of alkyl halides is 2. The SMILES string of the molecule is Cc1cnc2cc([C@H]3CC[C@H](c4c(C)cccc4F)CC3)c(=O)n([C@@H]3CCC(F)(F)c4nccnc43)c2n1. The number of hydrogen-bond acceptors (Lipinski definition) is 5. The van der Waals surface area contributed by atoms with Gasteiger partial charge in [-0.15, -0.1) is 0 Å². The molecule has 0 unspecified atom stereocenters. The van der Waals surface area contributed by atoms with Crippen LogP contribution in [0.4, 0.5) is 13.2 Å². The highest BCUT2D eigenvalue weighted by Crippen LogP contribution is 2.45. The Morgan fingerprint density at radius 2 is 1.71 bits per heavy atom. The fraction of sp³-hybridized carbons (Fsp3) is 0.414. The maximum atomic E-state index is 14.7. The standard InChI is InChI=1S/C29H28F3N5O/c1-16-4-3-5-21(30)24(16)19-8-6-18(7-9-19)20-14-22-27(36-17(2)15-35-22)37(28(20)38)23-10-11-29(31,32)26-25(23)33-12-13-34-26/h3-5,12-15,18-19,23H,6-11H2,1-2H3/t18-,19-,23-/m1/s1. The molecule has 3 heterocycles. The van der Waals surface area contributed by atoms with Gasteiger partial charge in [-0.1, -0.05) is 12.1 Å². The van der Waals surface area contributed by atoms with Gasteiger partial charge in [-0.05, 0) is 81.0 Å². The lowest BCUT2D eigenvalue weighted by Crippen LogP contribution is -2.36. The molecule has 38 heavy (non-hydrogen) atoms. The minimum absolute atomic E-state index is 0.0338. The summed E-state index contributed by atoms with van der Waals surface area (Å²) < 4.78 is 45.6. The van der Waals surface area contributed by atoms with E-state index in [-0.39, 0.29) is 41.0 Å². The summed E-state index contributed by atoms with van der Waals surface area (Å²) in [5, 5.41) is 0. The minimum Gasteiger partial charge on any atom is -0.282 e. The van der Waals surface area contributed by atoms with Crippen LogP contribution in [0.25, 0.3) is 11.2 Å². The smallest absolute Gasteiger partial charge is 0.282 e. The van der Waals surface area contributed by atoms with Gasteiger partial charge in [0.15, 0.2) is 5.65 Å². The van der Waals surface area contributed by atoms with Crippen molar-refractivity contribution in [3.05, 3.63) is 92.8 Å². The molecule has 0 aliphatic heterocycles. The van der Waals surface area contributed by atoms with Crippen LogP contribution in [0, 0.1) is 19.7 Å². The fourth-order valence-corrected chi connectivity index (χ4v) is 6.33. The zero-order valence-electron chi connectivity index (χ0n) is 21.3. The Morgan fingerprint density at radius 1 is 0.974 bits per heavy atom. The zero-order chi connectivity index (χ0) is 26.6. The summed E-state index contributed by atoms with van der Waals surface area (Å²) in [5.41, 5.74) is 3.30. The molecule has 2 aliphatic rings. The molecule has 0 spiro atoms. The Hall–Kier alpha value is -3.62. The third-order valence-electron chi connectivity index (χ3n) is 8.17. The molecule has 3 aromatic heterocycles. The summed E-state index contributed by atoms with van der Waals surface area (Å²) >= 11 is 0. The first kappa shape index (κ1) is 24.7. The fourth-order valence-electron chi connectivity index (χ4n) is 6.33. The van der Waals surface area contributed by atoms with Crippen molar-refractivity contribution in [2.75, 3.05) is 0 Å². The molecular formula is C29H28F3N5O. The lowest BCUT2D eigenvalue weighted by molar-refractivity contribution is -0.0320. The Balaban J connectivity index is 1.43. The van der Waals surface area contributed by atoms with E-state index in [0.29, 0.717) is 22.4 Å². The summed E-state index contributed by atoms with van der Waals surface area (Å²) in [6.07, 6.45) is 6.83. The summed E-state index contributed by atoms with van der Waals surface area (Å²) in [7, 11) is 0. The largest absolute Gasteiger partial charge is 0.291 e. The van der Waals surface area contributed by atoms with Crippen molar-refractivity contribution < 1.29 is 13.2 Å². The molecule has 1 fully saturated rings. The van der Waals surface area contributed by atoms with Gasteiger partial charge in [0.2, 0.25) is 0 Å². The molecule has 0 radical (unpaired) electrons. The summed E-state index contributed by atoms with van der Waals surface area (Å²) in [4.78, 5) is 31.5. The van der Waals surface area contributed by atoms with E-state index in [1.54, 1.807) is 25.3 Å². The Morgan fingerprint density at radius 3 is 2.47 bits per heavy atom. The van der Waals surface area contributed by atoms with Gasteiger partial charge < -0.3 is 0 Å². The predicted octanol–water partition coefficient (Wildman–Crippen LogP) is 6.25. The van der Waals surface area contributed by atoms with Crippen LogP contribution in [0.5, 0.6) is 0 Å². The number of hydrogen-bond donors (Lipinski definition) is 0. The molecule has 1 atom stereocenters. The van der Waals surface area contributed by atoms with E-state index in [0.717, 1.165) is 36.8 Å². The van der Waals surface area contributed by atoms with Gasteiger partial charge in [-0.25, -0.2) is 9.37 Å². The zero-order valence-corrected chi connectivity index (χ0v) is 21.3. The molecule has 0 saturated heterocycles. The Labute approximate surface area is 218 Å². The molecule has 2 aliphatic carbocycles. The second-order valence-electron chi connectivity index (χ2n) is 10.6. The first-order valence-corrected chi connectivity index (χ1v) is 13.1. The van der Waals surface area contributed by atoms with Gasteiger partial charge in [0, 0.05) is 30.6 Å². The van der Waals surface area contributed by atoms with Crippen LogP contribution in [0.2, 0.25) is 0 Å². The van der Waals surface area contributed by atoms with E-state index in [1.165, 1.54) is 23.0 Å². The monoisotopic (exact) mass is 519 g/mol. The minimum atomic E-state index is -3.11. The van der Waals surface area contributed by atoms with E-state index in [9.17, 15) is 18.0 Å². The lowest BCUT2D eigenvalue weighted by atomic mass is 9.75. The third kappa shape index (κ3) is 4.08. The van der Waals surface area contributed by atoms with Crippen LogP contribution >= 0.6 is 0 Å². The summed E-state index contributed by atoms with van der Waals surface area (Å²) in [6.45, 7) is 3.71. The molecular weight excluding hydrogens is 491 g/mol. The van der Waals surface area contributed by atoms with Crippen LogP contribution < -0.4 is 5.56 Å². The van der Waals surface area contributed by atoms with Crippen molar-refractivity contribution in [2.45, 2.75) is 76.2 Å². The topological polar surface area (TPSA) is 73.6 Å². The molecule has 1 saturated carbocycles. The van der Waals surface area contributed by atoms with Gasteiger partial charge >= 0.3 is 0 Å². The van der Waals surface area contributed by atoms with E-state index in [1.807, 2.05) is 13.0 Å². The molecule has 1 aromatic carbocycles. The van der Waals surface area contributed by atoms with Crippen LogP contribution in [0.3, 0.4) is 0 Å².